The van der Waals surface area contributed by atoms with Crippen LogP contribution in [0.4, 0.5) is 0 Å². The van der Waals surface area contributed by atoms with E-state index in [1.54, 1.807) is 13.8 Å². The summed E-state index contributed by atoms with van der Waals surface area (Å²) in [5.74, 6) is -1.92. The van der Waals surface area contributed by atoms with Crippen LogP contribution in [-0.4, -0.2) is 34.2 Å². The zero-order valence-electron chi connectivity index (χ0n) is 8.28. The van der Waals surface area contributed by atoms with Crippen molar-refractivity contribution in [1.82, 2.24) is 0 Å². The summed E-state index contributed by atoms with van der Waals surface area (Å²) in [6.45, 7) is 3.60. The molecule has 0 rings (SSSR count). The molecule has 0 aromatic heterocycles. The SMILES string of the molecule is CCCC(=O)[O-].CCCC(=O)[O-].O=[Te+2]. The fourth-order valence-electron chi connectivity index (χ4n) is 0.408. The Morgan fingerprint density at radius 3 is 1.14 bits per heavy atom. The Kier molecular flexibility index (Phi) is 25.1. The number of aliphatic carboxylic acids is 2. The number of carbonyl (C=O) groups excluding carboxylic acids is 2. The topological polar surface area (TPSA) is 97.3 Å². The van der Waals surface area contributed by atoms with E-state index in [0.717, 1.165) is 0 Å². The van der Waals surface area contributed by atoms with Crippen LogP contribution in [-0.2, 0) is 12.7 Å². The van der Waals surface area contributed by atoms with E-state index >= 15 is 0 Å². The summed E-state index contributed by atoms with van der Waals surface area (Å²) in [6.07, 6.45) is 1.70. The summed E-state index contributed by atoms with van der Waals surface area (Å²) < 4.78 is 8.26. The normalized spacial score (nSPS) is 7.29. The van der Waals surface area contributed by atoms with Crippen LogP contribution in [0.15, 0.2) is 0 Å². The van der Waals surface area contributed by atoms with Crippen molar-refractivity contribution in [3.8, 4) is 0 Å². The zero-order chi connectivity index (χ0) is 12.0. The van der Waals surface area contributed by atoms with Gasteiger partial charge in [-0.25, -0.2) is 0 Å². The monoisotopic (exact) mass is 320 g/mol. The van der Waals surface area contributed by atoms with Gasteiger partial charge in [-0.05, 0) is 12.8 Å². The van der Waals surface area contributed by atoms with Crippen molar-refractivity contribution in [2.75, 3.05) is 0 Å². The Morgan fingerprint density at radius 1 is 0.929 bits per heavy atom. The van der Waals surface area contributed by atoms with Gasteiger partial charge in [0.25, 0.3) is 0 Å². The summed E-state index contributed by atoms with van der Waals surface area (Å²) in [6, 6.07) is 0. The molecule has 0 aromatic rings. The first-order valence-electron chi connectivity index (χ1n) is 4.10. The van der Waals surface area contributed by atoms with Crippen molar-refractivity contribution < 1.29 is 22.9 Å². The summed E-state index contributed by atoms with van der Waals surface area (Å²) in [4.78, 5) is 19.0. The number of carbonyl (C=O) groups is 2. The average Bonchev–Trinajstić information content (AvgIpc) is 2.08. The molecule has 6 heteroatoms. The predicted octanol–water partition coefficient (Wildman–Crippen LogP) is -1.43. The van der Waals surface area contributed by atoms with Gasteiger partial charge in [0.1, 0.15) is 0 Å². The van der Waals surface area contributed by atoms with Crippen molar-refractivity contribution in [1.29, 1.82) is 0 Å². The zero-order valence-corrected chi connectivity index (χ0v) is 10.6. The van der Waals surface area contributed by atoms with E-state index < -0.39 is 11.9 Å². The molecular weight excluding hydrogens is 304 g/mol. The van der Waals surface area contributed by atoms with Gasteiger partial charge in [0.05, 0.1) is 0 Å². The van der Waals surface area contributed by atoms with Crippen LogP contribution >= 0.6 is 0 Å². The number of carboxylic acids is 2. The number of rotatable bonds is 4. The van der Waals surface area contributed by atoms with Crippen LogP contribution in [0.25, 0.3) is 0 Å². The third-order valence-corrected chi connectivity index (χ3v) is 0.908. The van der Waals surface area contributed by atoms with E-state index in [0.29, 0.717) is 35.1 Å². The summed E-state index contributed by atoms with van der Waals surface area (Å²) in [5.41, 5.74) is 0. The molecule has 5 nitrogen and oxygen atoms in total. The van der Waals surface area contributed by atoms with Crippen molar-refractivity contribution >= 4 is 34.2 Å². The molecule has 0 aromatic carbocycles. The first-order valence-corrected chi connectivity index (χ1v) is 5.06. The summed E-state index contributed by atoms with van der Waals surface area (Å²) in [5, 5.41) is 19.0. The number of carboxylic acid groups (broad SMARTS) is 2. The van der Waals surface area contributed by atoms with E-state index in [4.69, 9.17) is 3.10 Å². The second-order valence-corrected chi connectivity index (χ2v) is 2.24. The molecule has 14 heavy (non-hydrogen) atoms. The van der Waals surface area contributed by atoms with Gasteiger partial charge < -0.3 is 19.8 Å². The molecule has 0 aliphatic carbocycles. The molecule has 0 aliphatic rings. The molecule has 0 amide bonds. The van der Waals surface area contributed by atoms with Crippen molar-refractivity contribution in [2.24, 2.45) is 0 Å². The third kappa shape index (κ3) is 41.8. The van der Waals surface area contributed by atoms with Gasteiger partial charge in [-0.2, -0.15) is 0 Å². The molecule has 82 valence electrons. The van der Waals surface area contributed by atoms with Crippen LogP contribution in [0.1, 0.15) is 39.5 Å². The third-order valence-electron chi connectivity index (χ3n) is 0.908. The van der Waals surface area contributed by atoms with Gasteiger partial charge in [-0.15, -0.1) is 0 Å². The molecule has 0 N–H and O–H groups in total. The minimum absolute atomic E-state index is 0.181. The van der Waals surface area contributed by atoms with Gasteiger partial charge in [-0.1, -0.05) is 26.7 Å². The average molecular weight is 318 g/mol. The maximum atomic E-state index is 9.49. The molecule has 0 saturated carbocycles. The van der Waals surface area contributed by atoms with Crippen molar-refractivity contribution in [3.05, 3.63) is 0 Å². The van der Waals surface area contributed by atoms with Crippen LogP contribution in [0.3, 0.4) is 0 Å². The maximum absolute atomic E-state index is 9.49. The first kappa shape index (κ1) is 19.2. The second kappa shape index (κ2) is 18.3. The van der Waals surface area contributed by atoms with Gasteiger partial charge in [0.15, 0.2) is 0 Å². The Balaban J connectivity index is -0.000000147. The molecule has 0 fully saturated rings. The molecule has 2 radical (unpaired) electrons. The molecule has 0 saturated heterocycles. The van der Waals surface area contributed by atoms with E-state index in [1.165, 1.54) is 0 Å². The van der Waals surface area contributed by atoms with Gasteiger partial charge in [0.2, 0.25) is 0 Å². The summed E-state index contributed by atoms with van der Waals surface area (Å²) in [7, 11) is 0. The van der Waals surface area contributed by atoms with E-state index in [2.05, 4.69) is 0 Å². The van der Waals surface area contributed by atoms with Gasteiger partial charge in [-0.3, -0.25) is 0 Å². The van der Waals surface area contributed by atoms with Gasteiger partial charge >= 0.3 is 25.4 Å². The second-order valence-electron chi connectivity index (χ2n) is 2.24. The fraction of sp³-hybridized carbons (Fsp3) is 0.750. The van der Waals surface area contributed by atoms with Gasteiger partial charge in [0, 0.05) is 11.9 Å². The molecule has 0 bridgehead atoms. The van der Waals surface area contributed by atoms with Crippen LogP contribution in [0, 0.1) is 0 Å². The van der Waals surface area contributed by atoms with Crippen molar-refractivity contribution in [3.63, 3.8) is 0 Å². The first-order chi connectivity index (χ1) is 6.54. The molecule has 0 unspecified atom stereocenters. The Labute approximate surface area is 96.8 Å². The van der Waals surface area contributed by atoms with Crippen LogP contribution < -0.4 is 10.2 Å². The number of hydrogen-bond acceptors (Lipinski definition) is 5. The Bertz CT molecular complexity index is 133. The molecule has 0 atom stereocenters. The van der Waals surface area contributed by atoms with E-state index in [-0.39, 0.29) is 12.8 Å². The molecular formula is C8H14O5Te. The summed E-state index contributed by atoms with van der Waals surface area (Å²) >= 11 is 0.700. The van der Waals surface area contributed by atoms with Crippen LogP contribution in [0.5, 0.6) is 0 Å². The van der Waals surface area contributed by atoms with Crippen LogP contribution in [0.2, 0.25) is 0 Å². The Hall–Kier alpha value is -0.470. The Morgan fingerprint density at radius 2 is 1.14 bits per heavy atom. The number of hydrogen-bond donors (Lipinski definition) is 0. The minimum atomic E-state index is -0.961. The molecule has 0 spiro atoms. The molecule has 0 heterocycles. The van der Waals surface area contributed by atoms with Crippen molar-refractivity contribution in [2.45, 2.75) is 39.5 Å². The molecule has 0 aliphatic heterocycles. The standard InChI is InChI=1S/2C4H8O2.OTe/c2*1-2-3-4(5)6;1-2/h2*2-3H2,1H3,(H,5,6);/q;;+2/p-2. The van der Waals surface area contributed by atoms with E-state index in [9.17, 15) is 19.8 Å². The predicted molar refractivity (Wildman–Crippen MR) is 46.3 cm³/mol. The fourth-order valence-corrected chi connectivity index (χ4v) is 0.408. The van der Waals surface area contributed by atoms with E-state index in [1.807, 2.05) is 0 Å². The quantitative estimate of drug-likeness (QED) is 0.592.